The highest BCUT2D eigenvalue weighted by Gasteiger charge is 2.63. The van der Waals surface area contributed by atoms with Crippen molar-refractivity contribution in [2.75, 3.05) is 46.3 Å². The summed E-state index contributed by atoms with van der Waals surface area (Å²) in [7, 11) is 6.98. The van der Waals surface area contributed by atoms with Crippen molar-refractivity contribution in [3.05, 3.63) is 48.3 Å². The maximum absolute atomic E-state index is 13.9. The topological polar surface area (TPSA) is 83.1 Å². The zero-order valence-corrected chi connectivity index (χ0v) is 18.0. The van der Waals surface area contributed by atoms with Crippen molar-refractivity contribution in [3.8, 4) is 11.5 Å². The zero-order chi connectivity index (χ0) is 21.8. The number of nitrogens with one attached hydrogen (secondary N) is 1. The molecular formula is C23H25N5O3. The Morgan fingerprint density at radius 1 is 1.13 bits per heavy atom. The van der Waals surface area contributed by atoms with E-state index in [1.165, 1.54) is 0 Å². The lowest BCUT2D eigenvalue weighted by atomic mass is 9.83. The third-order valence-corrected chi connectivity index (χ3v) is 6.20. The molecule has 160 valence electrons. The van der Waals surface area contributed by atoms with Crippen molar-refractivity contribution in [3.63, 3.8) is 0 Å². The summed E-state index contributed by atoms with van der Waals surface area (Å²) >= 11 is 0. The summed E-state index contributed by atoms with van der Waals surface area (Å²) in [6, 6.07) is 13.5. The minimum Gasteiger partial charge on any atom is -0.497 e. The number of para-hydroxylation sites is 2. The second-order valence-electron chi connectivity index (χ2n) is 8.13. The number of nitrogens with zero attached hydrogens (tertiary/aromatic N) is 4. The number of amidine groups is 1. The first-order chi connectivity index (χ1) is 15.0. The number of carbonyl (C=O) groups excluding carboxylic acids is 1. The predicted molar refractivity (Wildman–Crippen MR) is 119 cm³/mol. The second kappa shape index (κ2) is 7.09. The highest BCUT2D eigenvalue weighted by atomic mass is 16.5. The van der Waals surface area contributed by atoms with Gasteiger partial charge in [-0.25, -0.2) is 4.98 Å². The lowest BCUT2D eigenvalue weighted by Gasteiger charge is -2.50. The summed E-state index contributed by atoms with van der Waals surface area (Å²) in [6.45, 7) is 1.22. The Bertz CT molecular complexity index is 1140. The molecule has 1 unspecified atom stereocenters. The van der Waals surface area contributed by atoms with E-state index in [0.717, 1.165) is 16.7 Å². The molecule has 2 fully saturated rings. The van der Waals surface area contributed by atoms with Crippen molar-refractivity contribution in [2.45, 2.75) is 11.5 Å². The molecule has 0 aliphatic carbocycles. The van der Waals surface area contributed by atoms with Gasteiger partial charge in [-0.2, -0.15) is 0 Å². The minimum absolute atomic E-state index is 0.104. The lowest BCUT2D eigenvalue weighted by molar-refractivity contribution is -0.127. The Morgan fingerprint density at radius 3 is 2.39 bits per heavy atom. The fourth-order valence-corrected chi connectivity index (χ4v) is 4.87. The largest absolute Gasteiger partial charge is 0.497 e. The molecule has 31 heavy (non-hydrogen) atoms. The van der Waals surface area contributed by atoms with E-state index >= 15 is 0 Å². The summed E-state index contributed by atoms with van der Waals surface area (Å²) < 4.78 is 11.0. The van der Waals surface area contributed by atoms with E-state index in [0.29, 0.717) is 36.2 Å². The first-order valence-electron chi connectivity index (χ1n) is 10.2. The standard InChI is InChI=1S/C23H25N5O3/c1-24-22-19(21-25-17-7-5-6-8-18(17)26-21)20(29)23(12-27(2)13-23)28(22)14-9-15(30-3)11-16(10-14)31-4/h5-11,19H,12-13H2,1-4H3,(H,25,26). The molecule has 0 saturated carbocycles. The molecule has 1 spiro atoms. The minimum atomic E-state index is -0.704. The molecule has 2 aromatic carbocycles. The molecule has 3 heterocycles. The van der Waals surface area contributed by atoms with Crippen molar-refractivity contribution in [2.24, 2.45) is 4.99 Å². The van der Waals surface area contributed by atoms with Gasteiger partial charge in [-0.15, -0.1) is 0 Å². The summed E-state index contributed by atoms with van der Waals surface area (Å²) in [5.74, 6) is 2.15. The lowest BCUT2D eigenvalue weighted by Crippen LogP contribution is -2.70. The molecule has 2 aliphatic heterocycles. The van der Waals surface area contributed by atoms with E-state index in [9.17, 15) is 4.79 Å². The van der Waals surface area contributed by atoms with Gasteiger partial charge in [-0.3, -0.25) is 9.79 Å². The molecule has 1 aromatic heterocycles. The average Bonchev–Trinajstić information content (AvgIpc) is 3.29. The van der Waals surface area contributed by atoms with Gasteiger partial charge in [-0.05, 0) is 19.2 Å². The van der Waals surface area contributed by atoms with Crippen LogP contribution in [-0.2, 0) is 4.79 Å². The number of rotatable bonds is 4. The van der Waals surface area contributed by atoms with Gasteiger partial charge in [0.25, 0.3) is 0 Å². The van der Waals surface area contributed by atoms with Crippen LogP contribution >= 0.6 is 0 Å². The van der Waals surface area contributed by atoms with E-state index in [-0.39, 0.29) is 5.78 Å². The van der Waals surface area contributed by atoms with Crippen LogP contribution in [0.25, 0.3) is 11.0 Å². The van der Waals surface area contributed by atoms with E-state index in [2.05, 4.69) is 19.8 Å². The number of hydrogen-bond donors (Lipinski definition) is 1. The number of aromatic nitrogens is 2. The van der Waals surface area contributed by atoms with E-state index in [1.54, 1.807) is 21.3 Å². The van der Waals surface area contributed by atoms with Crippen LogP contribution in [0, 0.1) is 0 Å². The van der Waals surface area contributed by atoms with Gasteiger partial charge in [0.05, 0.1) is 30.9 Å². The van der Waals surface area contributed by atoms with Crippen molar-refractivity contribution in [1.82, 2.24) is 14.9 Å². The van der Waals surface area contributed by atoms with Crippen LogP contribution in [0.15, 0.2) is 47.5 Å². The van der Waals surface area contributed by atoms with Gasteiger partial charge >= 0.3 is 0 Å². The summed E-state index contributed by atoms with van der Waals surface area (Å²) in [6.07, 6.45) is 0. The van der Waals surface area contributed by atoms with E-state index in [1.807, 2.05) is 49.5 Å². The Balaban J connectivity index is 1.68. The predicted octanol–water partition coefficient (Wildman–Crippen LogP) is 2.47. The summed E-state index contributed by atoms with van der Waals surface area (Å²) in [5.41, 5.74) is 1.85. The Morgan fingerprint density at radius 2 is 1.81 bits per heavy atom. The number of H-pyrrole nitrogens is 1. The number of aliphatic imine (C=N–C) groups is 1. The number of Topliss-reactive ketones (excluding diaryl/α,β-unsaturated/α-hetero) is 1. The molecule has 5 rings (SSSR count). The summed E-state index contributed by atoms with van der Waals surface area (Å²) in [5, 5.41) is 0. The highest BCUT2D eigenvalue weighted by Crippen LogP contribution is 2.46. The van der Waals surface area contributed by atoms with Crippen LogP contribution in [0.5, 0.6) is 11.5 Å². The van der Waals surface area contributed by atoms with Crippen LogP contribution in [0.3, 0.4) is 0 Å². The van der Waals surface area contributed by atoms with Gasteiger partial charge in [0.2, 0.25) is 0 Å². The molecule has 2 saturated heterocycles. The number of benzene rings is 2. The molecule has 0 bridgehead atoms. The van der Waals surface area contributed by atoms with Crippen molar-refractivity contribution < 1.29 is 14.3 Å². The van der Waals surface area contributed by atoms with Crippen LogP contribution in [0.1, 0.15) is 11.7 Å². The normalized spacial score (nSPS) is 21.8. The van der Waals surface area contributed by atoms with Gasteiger partial charge in [0.1, 0.15) is 34.6 Å². The fourth-order valence-electron chi connectivity index (χ4n) is 4.87. The van der Waals surface area contributed by atoms with Gasteiger partial charge < -0.3 is 24.3 Å². The Labute approximate surface area is 180 Å². The maximum atomic E-state index is 13.9. The SMILES string of the molecule is CN=C1C(c2nc3ccccc3[nH]2)C(=O)C2(CN(C)C2)N1c1cc(OC)cc(OC)c1. The number of ether oxygens (including phenoxy) is 2. The first-order valence-corrected chi connectivity index (χ1v) is 10.2. The average molecular weight is 419 g/mol. The molecule has 0 radical (unpaired) electrons. The zero-order valence-electron chi connectivity index (χ0n) is 18.0. The number of likely N-dealkylation sites (N-methyl/N-ethyl adjacent to an activating group) is 1. The molecule has 2 aliphatic rings. The number of carbonyl (C=O) groups is 1. The van der Waals surface area contributed by atoms with Crippen molar-refractivity contribution in [1.29, 1.82) is 0 Å². The molecule has 1 N–H and O–H groups in total. The van der Waals surface area contributed by atoms with Crippen molar-refractivity contribution >= 4 is 28.3 Å². The Hall–Kier alpha value is -3.39. The molecule has 8 heteroatoms. The van der Waals surface area contributed by atoms with E-state index in [4.69, 9.17) is 14.5 Å². The number of imidazole rings is 1. The number of methoxy groups -OCH3 is 2. The van der Waals surface area contributed by atoms with Crippen LogP contribution in [-0.4, -0.2) is 73.4 Å². The smallest absolute Gasteiger partial charge is 0.179 e. The first kappa shape index (κ1) is 19.6. The number of fused-ring (bicyclic) bond motifs is 1. The molecule has 8 nitrogen and oxygen atoms in total. The van der Waals surface area contributed by atoms with Crippen LogP contribution < -0.4 is 14.4 Å². The van der Waals surface area contributed by atoms with Gasteiger partial charge in [0, 0.05) is 38.3 Å². The summed E-state index contributed by atoms with van der Waals surface area (Å²) in [4.78, 5) is 30.8. The highest BCUT2D eigenvalue weighted by molar-refractivity contribution is 6.28. The molecule has 3 aromatic rings. The number of aromatic amines is 1. The molecular weight excluding hydrogens is 394 g/mol. The monoisotopic (exact) mass is 419 g/mol. The number of likely N-dealkylation sites (tertiary alicyclic amines) is 1. The fraction of sp³-hybridized carbons (Fsp3) is 0.348. The number of anilines is 1. The Kier molecular flexibility index (Phi) is 4.48. The van der Waals surface area contributed by atoms with Gasteiger partial charge in [0.15, 0.2) is 5.78 Å². The van der Waals surface area contributed by atoms with Crippen LogP contribution in [0.4, 0.5) is 5.69 Å². The third kappa shape index (κ3) is 2.82. The molecule has 0 amide bonds. The van der Waals surface area contributed by atoms with Gasteiger partial charge in [-0.1, -0.05) is 12.1 Å². The van der Waals surface area contributed by atoms with E-state index < -0.39 is 11.5 Å². The second-order valence-corrected chi connectivity index (χ2v) is 8.13. The number of hydrogen-bond acceptors (Lipinski definition) is 6. The quantitative estimate of drug-likeness (QED) is 0.700. The molecule has 1 atom stereocenters. The number of ketones is 1. The van der Waals surface area contributed by atoms with Crippen LogP contribution in [0.2, 0.25) is 0 Å². The maximum Gasteiger partial charge on any atom is 0.179 e. The third-order valence-electron chi connectivity index (χ3n) is 6.20.